The van der Waals surface area contributed by atoms with Gasteiger partial charge in [-0.15, -0.1) is 5.10 Å². The molecule has 74 valence electrons. The molecule has 0 bridgehead atoms. The molecule has 0 radical (unpaired) electrons. The fraction of sp³-hybridized carbons (Fsp3) is 0. The number of hydrogen-bond acceptors (Lipinski definition) is 6. The summed E-state index contributed by atoms with van der Waals surface area (Å²) >= 11 is 3.72. The highest BCUT2D eigenvalue weighted by atomic mass is 32.1. The summed E-state index contributed by atoms with van der Waals surface area (Å²) in [5, 5.41) is 27.2. The smallest absolute Gasteiger partial charge is 0.150 e. The predicted molar refractivity (Wildman–Crippen MR) is 52.0 cm³/mol. The van der Waals surface area contributed by atoms with E-state index in [0.717, 1.165) is 0 Å². The molecule has 2 N–H and O–H groups in total. The van der Waals surface area contributed by atoms with Crippen molar-refractivity contribution < 1.29 is 10.2 Å². The van der Waals surface area contributed by atoms with Gasteiger partial charge in [0.15, 0.2) is 6.33 Å². The van der Waals surface area contributed by atoms with Crippen LogP contribution in [0.25, 0.3) is 0 Å². The van der Waals surface area contributed by atoms with Crippen molar-refractivity contribution in [3.63, 3.8) is 0 Å². The zero-order valence-corrected chi connectivity index (χ0v) is 7.91. The zero-order chi connectivity index (χ0) is 10.4. The van der Waals surface area contributed by atoms with E-state index in [1.54, 1.807) is 0 Å². The Kier molecular flexibility index (Phi) is 3.74. The highest BCUT2D eigenvalue weighted by molar-refractivity contribution is 7.78. The quantitative estimate of drug-likeness (QED) is 0.436. The van der Waals surface area contributed by atoms with Crippen molar-refractivity contribution in [1.29, 1.82) is 0 Å². The average molecular weight is 212 g/mol. The van der Waals surface area contributed by atoms with E-state index in [9.17, 15) is 0 Å². The molecular formula is C7H8N4O2S. The van der Waals surface area contributed by atoms with Crippen LogP contribution in [0.5, 0.6) is 11.5 Å². The normalized spacial score (nSPS) is 8.93. The third-order valence-electron chi connectivity index (χ3n) is 1.19. The second-order valence-electron chi connectivity index (χ2n) is 2.25. The monoisotopic (exact) mass is 212 g/mol. The molecule has 6 nitrogen and oxygen atoms in total. The average Bonchev–Trinajstić information content (AvgIpc) is 2.63. The van der Waals surface area contributed by atoms with Gasteiger partial charge in [0.1, 0.15) is 11.5 Å². The lowest BCUT2D eigenvalue weighted by atomic mass is 10.3. The molecule has 0 atom stereocenters. The molecule has 0 saturated heterocycles. The van der Waals surface area contributed by atoms with Gasteiger partial charge < -0.3 is 10.2 Å². The molecule has 2 aromatic rings. The van der Waals surface area contributed by atoms with Crippen molar-refractivity contribution in [2.75, 3.05) is 0 Å². The van der Waals surface area contributed by atoms with Gasteiger partial charge in [-0.25, -0.2) is 0 Å². The van der Waals surface area contributed by atoms with Gasteiger partial charge in [0.05, 0.1) is 0 Å². The first-order valence-corrected chi connectivity index (χ1v) is 3.98. The van der Waals surface area contributed by atoms with Crippen molar-refractivity contribution in [1.82, 2.24) is 19.6 Å². The Bertz CT molecular complexity index is 341. The number of hydrogen-bond donors (Lipinski definition) is 3. The molecule has 7 heteroatoms. The molecule has 0 amide bonds. The third kappa shape index (κ3) is 3.76. The Morgan fingerprint density at radius 1 is 1.07 bits per heavy atom. The first-order chi connectivity index (χ1) is 6.68. The lowest BCUT2D eigenvalue weighted by molar-refractivity contribution is 0.460. The minimum atomic E-state index is 0.169. The molecule has 0 spiro atoms. The third-order valence-corrected chi connectivity index (χ3v) is 1.37. The Morgan fingerprint density at radius 3 is 1.79 bits per heavy atom. The molecule has 0 aliphatic rings. The van der Waals surface area contributed by atoms with Gasteiger partial charge in [0.2, 0.25) is 0 Å². The summed E-state index contributed by atoms with van der Waals surface area (Å²) in [6.07, 6.45) is 1.39. The standard InChI is InChI=1S/C6H6O2.CH2N4S/c7-5-1-2-6(8)4-3-5;6-5-1-2-3-4-5/h1-4,7-8H;1,6H. The van der Waals surface area contributed by atoms with Gasteiger partial charge in [0.25, 0.3) is 0 Å². The molecule has 0 aliphatic carbocycles. The van der Waals surface area contributed by atoms with Gasteiger partial charge in [0, 0.05) is 0 Å². The zero-order valence-electron chi connectivity index (χ0n) is 7.02. The number of tetrazole rings is 1. The Hall–Kier alpha value is -1.76. The maximum absolute atomic E-state index is 8.65. The molecule has 14 heavy (non-hydrogen) atoms. The maximum Gasteiger partial charge on any atom is 0.150 e. The van der Waals surface area contributed by atoms with E-state index in [4.69, 9.17) is 10.2 Å². The van der Waals surface area contributed by atoms with Crippen molar-refractivity contribution in [3.8, 4) is 11.5 Å². The number of rotatable bonds is 0. The van der Waals surface area contributed by atoms with Crippen LogP contribution in [-0.2, 0) is 0 Å². The Labute approximate surface area is 85.4 Å². The van der Waals surface area contributed by atoms with Crippen LogP contribution < -0.4 is 0 Å². The van der Waals surface area contributed by atoms with Crippen LogP contribution in [0.15, 0.2) is 30.6 Å². The Balaban J connectivity index is 0.000000146. The highest BCUT2D eigenvalue weighted by Crippen LogP contribution is 2.13. The second-order valence-corrected chi connectivity index (χ2v) is 2.66. The Morgan fingerprint density at radius 2 is 1.57 bits per heavy atom. The fourth-order valence-electron chi connectivity index (χ4n) is 0.609. The SMILES string of the molecule is Oc1ccc(O)cc1.Sn1cnnn1. The van der Waals surface area contributed by atoms with Gasteiger partial charge >= 0.3 is 0 Å². The van der Waals surface area contributed by atoms with Crippen molar-refractivity contribution in [2.24, 2.45) is 0 Å². The predicted octanol–water partition coefficient (Wildman–Crippen LogP) is 0.464. The minimum absolute atomic E-state index is 0.169. The lowest BCUT2D eigenvalue weighted by Gasteiger charge is -1.88. The summed E-state index contributed by atoms with van der Waals surface area (Å²) in [4.78, 5) is 0. The second kappa shape index (κ2) is 5.07. The van der Waals surface area contributed by atoms with E-state index in [2.05, 4.69) is 28.3 Å². The van der Waals surface area contributed by atoms with E-state index in [0.29, 0.717) is 0 Å². The number of phenols is 2. The largest absolute Gasteiger partial charge is 0.508 e. The number of benzene rings is 1. The first kappa shape index (κ1) is 10.3. The summed E-state index contributed by atoms with van der Waals surface area (Å²) in [5.74, 6) is 0.339. The van der Waals surface area contributed by atoms with Crippen LogP contribution in [0, 0.1) is 0 Å². The van der Waals surface area contributed by atoms with Crippen LogP contribution in [0.4, 0.5) is 0 Å². The summed E-state index contributed by atoms with van der Waals surface area (Å²) < 4.78 is 1.22. The summed E-state index contributed by atoms with van der Waals surface area (Å²) in [5.41, 5.74) is 0. The van der Waals surface area contributed by atoms with Crippen LogP contribution in [0.1, 0.15) is 0 Å². The van der Waals surface area contributed by atoms with Crippen LogP contribution in [0.2, 0.25) is 0 Å². The molecule has 0 unspecified atom stereocenters. The van der Waals surface area contributed by atoms with Crippen LogP contribution in [-0.4, -0.2) is 29.8 Å². The molecule has 0 aliphatic heterocycles. The van der Waals surface area contributed by atoms with E-state index in [-0.39, 0.29) is 11.5 Å². The van der Waals surface area contributed by atoms with Gasteiger partial charge in [-0.2, -0.15) is 4.09 Å². The van der Waals surface area contributed by atoms with Gasteiger partial charge in [-0.05, 0) is 47.5 Å². The van der Waals surface area contributed by atoms with Crippen LogP contribution >= 0.6 is 12.8 Å². The highest BCUT2D eigenvalue weighted by Gasteiger charge is 1.84. The van der Waals surface area contributed by atoms with Gasteiger partial charge in [-0.1, -0.05) is 0 Å². The maximum atomic E-state index is 8.65. The molecule has 0 fully saturated rings. The summed E-state index contributed by atoms with van der Waals surface area (Å²) in [6, 6.07) is 5.70. The van der Waals surface area contributed by atoms with E-state index < -0.39 is 0 Å². The number of thiol groups is 1. The topological polar surface area (TPSA) is 84.1 Å². The van der Waals surface area contributed by atoms with E-state index >= 15 is 0 Å². The molecule has 1 aromatic heterocycles. The molecule has 0 saturated carbocycles. The number of aromatic nitrogens is 4. The van der Waals surface area contributed by atoms with Crippen molar-refractivity contribution in [2.45, 2.75) is 0 Å². The summed E-state index contributed by atoms with van der Waals surface area (Å²) in [7, 11) is 0. The van der Waals surface area contributed by atoms with Crippen molar-refractivity contribution >= 4 is 12.8 Å². The fourth-order valence-corrected chi connectivity index (χ4v) is 0.691. The number of nitrogens with zero attached hydrogens (tertiary/aromatic N) is 4. The minimum Gasteiger partial charge on any atom is -0.508 e. The van der Waals surface area contributed by atoms with Gasteiger partial charge in [-0.3, -0.25) is 0 Å². The molecule has 2 rings (SSSR count). The van der Waals surface area contributed by atoms with Crippen molar-refractivity contribution in [3.05, 3.63) is 30.6 Å². The van der Waals surface area contributed by atoms with E-state index in [1.165, 1.54) is 34.7 Å². The summed E-state index contributed by atoms with van der Waals surface area (Å²) in [6.45, 7) is 0. The molecular weight excluding hydrogens is 204 g/mol. The van der Waals surface area contributed by atoms with Crippen LogP contribution in [0.3, 0.4) is 0 Å². The number of phenolic OH excluding ortho intramolecular Hbond substituents is 2. The number of aromatic hydroxyl groups is 2. The van der Waals surface area contributed by atoms with E-state index in [1.807, 2.05) is 0 Å². The molecule has 1 heterocycles. The lowest BCUT2D eigenvalue weighted by Crippen LogP contribution is -1.77. The molecule has 1 aromatic carbocycles. The first-order valence-electron chi connectivity index (χ1n) is 3.58.